The van der Waals surface area contributed by atoms with Crippen LogP contribution in [0.1, 0.15) is 6.23 Å². The zero-order valence-electron chi connectivity index (χ0n) is 13.3. The number of hydrogen-bond acceptors (Lipinski definition) is 12. The number of hydrogen-bond donors (Lipinski definition) is 4. The summed E-state index contributed by atoms with van der Waals surface area (Å²) in [5.41, 5.74) is 6.15. The van der Waals surface area contributed by atoms with Gasteiger partial charge in [0.2, 0.25) is 0 Å². The lowest BCUT2D eigenvalue weighted by atomic mass is 10.1. The van der Waals surface area contributed by atoms with Crippen molar-refractivity contribution in [3.8, 4) is 0 Å². The molecular formula is C10H13BN5O9P2-2. The minimum Gasteiger partial charge on any atom is -0.756 e. The Balaban J connectivity index is 1.75. The van der Waals surface area contributed by atoms with Crippen molar-refractivity contribution >= 4 is 39.8 Å². The SMILES string of the molecule is [B-]P(=O)(OC[C@H]1O[C@@H](n2cnc3c(N)ncnc32)C(O)C1O)OP(=O)([O-])O. The van der Waals surface area contributed by atoms with Crippen molar-refractivity contribution in [1.82, 2.24) is 19.5 Å². The van der Waals surface area contributed by atoms with Gasteiger partial charge in [-0.25, -0.2) is 15.0 Å². The largest absolute Gasteiger partial charge is 0.756 e. The maximum absolute atomic E-state index is 11.7. The number of imidazole rings is 1. The number of nitrogens with two attached hydrogens (primary N) is 1. The van der Waals surface area contributed by atoms with E-state index in [1.54, 1.807) is 0 Å². The number of rotatable bonds is 6. The van der Waals surface area contributed by atoms with E-state index in [4.69, 9.17) is 22.9 Å². The Morgan fingerprint density at radius 1 is 1.33 bits per heavy atom. The summed E-state index contributed by atoms with van der Waals surface area (Å²) in [6.45, 7) is -0.716. The second kappa shape index (κ2) is 7.20. The van der Waals surface area contributed by atoms with Gasteiger partial charge in [0.1, 0.15) is 30.2 Å². The summed E-state index contributed by atoms with van der Waals surface area (Å²) >= 11 is 0. The second-order valence-corrected chi connectivity index (χ2v) is 8.44. The van der Waals surface area contributed by atoms with Crippen molar-refractivity contribution in [3.05, 3.63) is 12.7 Å². The van der Waals surface area contributed by atoms with Gasteiger partial charge < -0.3 is 47.1 Å². The highest BCUT2D eigenvalue weighted by Crippen LogP contribution is 2.55. The van der Waals surface area contributed by atoms with E-state index in [2.05, 4.69) is 23.8 Å². The topological polar surface area (TPSA) is 215 Å². The molecule has 4 unspecified atom stereocenters. The van der Waals surface area contributed by atoms with Gasteiger partial charge >= 0.3 is 0 Å². The van der Waals surface area contributed by atoms with Crippen LogP contribution in [-0.4, -0.2) is 67.1 Å². The molecule has 0 bridgehead atoms. The van der Waals surface area contributed by atoms with E-state index in [0.29, 0.717) is 0 Å². The van der Waals surface area contributed by atoms with Crippen LogP contribution in [-0.2, 0) is 22.7 Å². The third kappa shape index (κ3) is 4.37. The summed E-state index contributed by atoms with van der Waals surface area (Å²) in [6, 6.07) is 0. The fourth-order valence-electron chi connectivity index (χ4n) is 2.50. The Bertz CT molecular complexity index is 937. The first kappa shape index (κ1) is 20.3. The number of ether oxygens (including phenoxy) is 1. The van der Waals surface area contributed by atoms with Crippen molar-refractivity contribution in [2.75, 3.05) is 12.3 Å². The van der Waals surface area contributed by atoms with Gasteiger partial charge in [0.25, 0.3) is 7.82 Å². The monoisotopic (exact) mass is 420 g/mol. The Kier molecular flexibility index (Phi) is 5.43. The Hall–Kier alpha value is -1.41. The maximum Gasteiger partial charge on any atom is 0.269 e. The molecule has 6 atom stereocenters. The number of aromatic nitrogens is 4. The molecule has 0 aliphatic carbocycles. The average Bonchev–Trinajstić information content (AvgIpc) is 3.07. The van der Waals surface area contributed by atoms with E-state index in [1.165, 1.54) is 17.2 Å². The molecule has 3 heterocycles. The van der Waals surface area contributed by atoms with Gasteiger partial charge in [0.15, 0.2) is 17.7 Å². The number of nitrogen functional groups attached to an aromatic ring is 1. The van der Waals surface area contributed by atoms with Gasteiger partial charge in [0.05, 0.1) is 20.4 Å². The molecule has 1 saturated heterocycles. The fourth-order valence-corrected chi connectivity index (χ4v) is 4.19. The molecule has 14 nitrogen and oxygen atoms in total. The molecule has 27 heavy (non-hydrogen) atoms. The standard InChI is InChI=1S/C10H14BN5O9P2/c11-26(19,25-27(20,21)22)23-1-4-6(17)7(18)10(24-4)16-3-15-5-8(12)13-2-14-9(5)16/h2-4,6-7,10,17-18H,1H2,(H2,12,13,14)(H2,20,21,22)/q-1/p-1/t4-,6?,7?,10-,26?/m1/s1. The van der Waals surface area contributed by atoms with Gasteiger partial charge in [-0.2, -0.15) is 0 Å². The number of aliphatic hydroxyl groups excluding tert-OH is 2. The fraction of sp³-hybridized carbons (Fsp3) is 0.500. The van der Waals surface area contributed by atoms with Crippen LogP contribution < -0.4 is 10.6 Å². The maximum atomic E-state index is 11.7. The smallest absolute Gasteiger partial charge is 0.269 e. The van der Waals surface area contributed by atoms with Crippen LogP contribution in [0.25, 0.3) is 11.2 Å². The summed E-state index contributed by atoms with van der Waals surface area (Å²) in [5.74, 6) is 0.0962. The van der Waals surface area contributed by atoms with Crippen LogP contribution in [0.2, 0.25) is 0 Å². The van der Waals surface area contributed by atoms with Crippen molar-refractivity contribution in [3.63, 3.8) is 0 Å². The predicted octanol–water partition coefficient (Wildman–Crippen LogP) is -2.20. The number of anilines is 1. The summed E-state index contributed by atoms with van der Waals surface area (Å²) in [6.07, 6.45) is -3.02. The van der Waals surface area contributed by atoms with Crippen LogP contribution in [0.3, 0.4) is 0 Å². The molecule has 1 aliphatic heterocycles. The Morgan fingerprint density at radius 2 is 2.04 bits per heavy atom. The molecular weight excluding hydrogens is 407 g/mol. The van der Waals surface area contributed by atoms with Crippen LogP contribution >= 0.6 is 15.3 Å². The molecule has 17 heteroatoms. The predicted molar refractivity (Wildman–Crippen MR) is 85.9 cm³/mol. The average molecular weight is 420 g/mol. The zero-order chi connectivity index (χ0) is 20.0. The lowest BCUT2D eigenvalue weighted by molar-refractivity contribution is -0.211. The van der Waals surface area contributed by atoms with Crippen LogP contribution in [0.4, 0.5) is 5.82 Å². The zero-order valence-corrected chi connectivity index (χ0v) is 15.1. The molecule has 0 saturated carbocycles. The minimum absolute atomic E-state index is 0.0962. The Morgan fingerprint density at radius 3 is 2.70 bits per heavy atom. The first-order valence-electron chi connectivity index (χ1n) is 7.21. The van der Waals surface area contributed by atoms with E-state index < -0.39 is 46.4 Å². The van der Waals surface area contributed by atoms with Crippen LogP contribution in [0.15, 0.2) is 12.7 Å². The minimum atomic E-state index is -5.41. The lowest BCUT2D eigenvalue weighted by Crippen LogP contribution is -2.33. The normalized spacial score (nSPS) is 30.3. The molecule has 3 radical (unpaired) electrons. The summed E-state index contributed by atoms with van der Waals surface area (Å²) in [7, 11) is -5.09. The van der Waals surface area contributed by atoms with Crippen molar-refractivity contribution in [2.24, 2.45) is 0 Å². The van der Waals surface area contributed by atoms with Crippen LogP contribution in [0, 0.1) is 0 Å². The third-order valence-electron chi connectivity index (χ3n) is 3.63. The third-order valence-corrected chi connectivity index (χ3v) is 5.88. The molecule has 0 amide bonds. The number of phosphoric acid groups is 1. The van der Waals surface area contributed by atoms with Gasteiger partial charge in [-0.15, -0.1) is 0 Å². The lowest BCUT2D eigenvalue weighted by Gasteiger charge is -2.31. The Labute approximate surface area is 152 Å². The van der Waals surface area contributed by atoms with E-state index in [1.807, 2.05) is 0 Å². The highest BCUT2D eigenvalue weighted by atomic mass is 31.3. The molecule has 147 valence electrons. The van der Waals surface area contributed by atoms with Gasteiger partial charge in [-0.3, -0.25) is 13.4 Å². The summed E-state index contributed by atoms with van der Waals surface area (Å²) in [4.78, 5) is 30.9. The van der Waals surface area contributed by atoms with Crippen molar-refractivity contribution in [2.45, 2.75) is 24.5 Å². The van der Waals surface area contributed by atoms with Gasteiger partial charge in [0, 0.05) is 0 Å². The van der Waals surface area contributed by atoms with E-state index in [9.17, 15) is 24.2 Å². The molecule has 1 aliphatic rings. The first-order valence-corrected chi connectivity index (χ1v) is 10.3. The number of fused-ring (bicyclic) bond motifs is 1. The van der Waals surface area contributed by atoms with Gasteiger partial charge in [-0.1, -0.05) is 0 Å². The van der Waals surface area contributed by atoms with Crippen molar-refractivity contribution in [1.29, 1.82) is 0 Å². The molecule has 2 aromatic heterocycles. The summed E-state index contributed by atoms with van der Waals surface area (Å²) < 4.78 is 37.3. The molecule has 3 rings (SSSR count). The van der Waals surface area contributed by atoms with Crippen LogP contribution in [0.5, 0.6) is 0 Å². The van der Waals surface area contributed by atoms with E-state index in [0.717, 1.165) is 0 Å². The molecule has 5 N–H and O–H groups in total. The van der Waals surface area contributed by atoms with E-state index in [-0.39, 0.29) is 17.0 Å². The highest BCUT2D eigenvalue weighted by Gasteiger charge is 2.44. The van der Waals surface area contributed by atoms with Gasteiger partial charge in [-0.05, 0) is 0 Å². The number of nitrogens with zero attached hydrogens (tertiary/aromatic N) is 4. The molecule has 2 aromatic rings. The van der Waals surface area contributed by atoms with Crippen molar-refractivity contribution < 1.29 is 42.7 Å². The quantitative estimate of drug-likeness (QED) is 0.289. The second-order valence-electron chi connectivity index (χ2n) is 5.52. The summed E-state index contributed by atoms with van der Waals surface area (Å²) in [5, 5.41) is 20.3. The molecule has 0 aromatic carbocycles. The number of aliphatic hydroxyl groups is 2. The molecule has 0 spiro atoms. The first-order chi connectivity index (χ1) is 12.5. The highest BCUT2D eigenvalue weighted by molar-refractivity contribution is 7.83. The molecule has 1 fully saturated rings. The van der Waals surface area contributed by atoms with E-state index >= 15 is 0 Å².